The predicted octanol–water partition coefficient (Wildman–Crippen LogP) is 0.0136. The van der Waals surface area contributed by atoms with Crippen molar-refractivity contribution >= 4 is 12.0 Å². The maximum atomic E-state index is 12.0. The molecular weight excluding hydrogens is 262 g/mol. The molecule has 0 aromatic rings. The number of nitrogens with one attached hydrogen (secondary N) is 2. The number of carboxylic acid groups (broad SMARTS) is 1. The Kier molecular flexibility index (Phi) is 5.60. The van der Waals surface area contributed by atoms with Crippen molar-refractivity contribution in [2.45, 2.75) is 37.8 Å². The van der Waals surface area contributed by atoms with E-state index in [9.17, 15) is 9.59 Å². The molecule has 2 fully saturated rings. The molecule has 2 aliphatic rings. The van der Waals surface area contributed by atoms with Crippen LogP contribution in [0.4, 0.5) is 4.79 Å². The van der Waals surface area contributed by atoms with Crippen molar-refractivity contribution in [2.75, 3.05) is 32.8 Å². The van der Waals surface area contributed by atoms with Crippen molar-refractivity contribution in [2.24, 2.45) is 0 Å². The quantitative estimate of drug-likeness (QED) is 0.573. The number of ether oxygens (including phenoxy) is 1. The largest absolute Gasteiger partial charge is 0.481 e. The maximum absolute atomic E-state index is 12.0. The Morgan fingerprint density at radius 1 is 1.30 bits per heavy atom. The fraction of sp³-hybridized carbons (Fsp3) is 0.846. The van der Waals surface area contributed by atoms with Gasteiger partial charge in [0.25, 0.3) is 0 Å². The number of carbonyl (C=O) groups excluding carboxylic acids is 1. The topological polar surface area (TPSA) is 90.9 Å². The van der Waals surface area contributed by atoms with E-state index in [1.54, 1.807) is 4.90 Å². The summed E-state index contributed by atoms with van der Waals surface area (Å²) in [5.41, 5.74) is 0. The molecule has 1 saturated carbocycles. The van der Waals surface area contributed by atoms with Gasteiger partial charge in [0.15, 0.2) is 0 Å². The van der Waals surface area contributed by atoms with Crippen LogP contribution in [0.3, 0.4) is 0 Å². The summed E-state index contributed by atoms with van der Waals surface area (Å²) >= 11 is 0. The van der Waals surface area contributed by atoms with Crippen molar-refractivity contribution in [1.82, 2.24) is 15.5 Å². The number of carboxylic acids is 1. The summed E-state index contributed by atoms with van der Waals surface area (Å²) in [7, 11) is 0. The Labute approximate surface area is 118 Å². The lowest BCUT2D eigenvalue weighted by Crippen LogP contribution is -2.53. The van der Waals surface area contributed by atoms with Crippen molar-refractivity contribution in [3.8, 4) is 0 Å². The highest BCUT2D eigenvalue weighted by Gasteiger charge is 2.28. The molecule has 0 aromatic carbocycles. The Balaban J connectivity index is 1.66. The second kappa shape index (κ2) is 7.44. The van der Waals surface area contributed by atoms with Crippen molar-refractivity contribution < 1.29 is 19.4 Å². The zero-order valence-corrected chi connectivity index (χ0v) is 11.6. The average molecular weight is 285 g/mol. The van der Waals surface area contributed by atoms with Crippen LogP contribution in [-0.2, 0) is 9.53 Å². The van der Waals surface area contributed by atoms with Gasteiger partial charge in [0, 0.05) is 19.1 Å². The van der Waals surface area contributed by atoms with Crippen LogP contribution >= 0.6 is 0 Å². The molecule has 0 spiro atoms. The third kappa shape index (κ3) is 4.97. The lowest BCUT2D eigenvalue weighted by atomic mass is 10.1. The summed E-state index contributed by atoms with van der Waals surface area (Å²) in [5.74, 6) is -0.910. The minimum atomic E-state index is -0.910. The average Bonchev–Trinajstić information content (AvgIpc) is 3.22. The molecule has 20 heavy (non-hydrogen) atoms. The lowest BCUT2D eigenvalue weighted by Gasteiger charge is -2.34. The molecule has 1 atom stereocenters. The van der Waals surface area contributed by atoms with Crippen molar-refractivity contribution in [3.63, 3.8) is 0 Å². The number of nitrogens with zero attached hydrogens (tertiary/aromatic N) is 1. The van der Waals surface area contributed by atoms with Gasteiger partial charge in [-0.1, -0.05) is 0 Å². The summed E-state index contributed by atoms with van der Waals surface area (Å²) in [6.07, 6.45) is 3.33. The van der Waals surface area contributed by atoms with Crippen LogP contribution in [0.15, 0.2) is 0 Å². The van der Waals surface area contributed by atoms with E-state index in [2.05, 4.69) is 10.6 Å². The molecule has 1 aliphatic heterocycles. The van der Waals surface area contributed by atoms with Crippen LogP contribution in [0.2, 0.25) is 0 Å². The molecule has 1 saturated heterocycles. The lowest BCUT2D eigenvalue weighted by molar-refractivity contribution is -0.139. The molecule has 2 rings (SSSR count). The summed E-state index contributed by atoms with van der Waals surface area (Å²) in [5, 5.41) is 15.1. The third-order valence-electron chi connectivity index (χ3n) is 3.54. The molecule has 1 heterocycles. The van der Waals surface area contributed by atoms with E-state index in [1.807, 2.05) is 0 Å². The molecule has 114 valence electrons. The fourth-order valence-electron chi connectivity index (χ4n) is 2.27. The van der Waals surface area contributed by atoms with E-state index >= 15 is 0 Å². The molecule has 0 radical (unpaired) electrons. The van der Waals surface area contributed by atoms with Gasteiger partial charge in [0.1, 0.15) is 0 Å². The van der Waals surface area contributed by atoms with Crippen molar-refractivity contribution in [1.29, 1.82) is 0 Å². The zero-order valence-electron chi connectivity index (χ0n) is 11.6. The van der Waals surface area contributed by atoms with Crippen molar-refractivity contribution in [3.05, 3.63) is 0 Å². The summed E-state index contributed by atoms with van der Waals surface area (Å²) in [4.78, 5) is 24.4. The van der Waals surface area contributed by atoms with Gasteiger partial charge in [-0.3, -0.25) is 4.79 Å². The van der Waals surface area contributed by atoms with Gasteiger partial charge in [-0.25, -0.2) is 4.79 Å². The van der Waals surface area contributed by atoms with Crippen LogP contribution in [0.5, 0.6) is 0 Å². The Hall–Kier alpha value is -1.34. The molecule has 1 unspecified atom stereocenters. The number of carbonyl (C=O) groups is 2. The first kappa shape index (κ1) is 15.1. The van der Waals surface area contributed by atoms with E-state index in [0.29, 0.717) is 32.3 Å². The number of hydrogen-bond acceptors (Lipinski definition) is 4. The normalized spacial score (nSPS) is 22.6. The predicted molar refractivity (Wildman–Crippen MR) is 72.6 cm³/mol. The van der Waals surface area contributed by atoms with E-state index < -0.39 is 5.97 Å². The van der Waals surface area contributed by atoms with Gasteiger partial charge in [0.05, 0.1) is 25.7 Å². The minimum Gasteiger partial charge on any atom is -0.481 e. The van der Waals surface area contributed by atoms with Crippen LogP contribution < -0.4 is 10.6 Å². The van der Waals surface area contributed by atoms with Gasteiger partial charge in [0.2, 0.25) is 0 Å². The second-order valence-corrected chi connectivity index (χ2v) is 5.33. The number of aliphatic carboxylic acids is 1. The summed E-state index contributed by atoms with van der Waals surface area (Å²) < 4.78 is 5.24. The van der Waals surface area contributed by atoms with E-state index in [-0.39, 0.29) is 18.5 Å². The van der Waals surface area contributed by atoms with Gasteiger partial charge >= 0.3 is 12.0 Å². The van der Waals surface area contributed by atoms with Gasteiger partial charge in [-0.15, -0.1) is 0 Å². The van der Waals surface area contributed by atoms with Crippen LogP contribution in [0.1, 0.15) is 25.7 Å². The highest BCUT2D eigenvalue weighted by atomic mass is 16.5. The number of urea groups is 1. The Morgan fingerprint density at radius 3 is 2.80 bits per heavy atom. The smallest absolute Gasteiger partial charge is 0.317 e. The Bertz CT molecular complexity index is 347. The zero-order chi connectivity index (χ0) is 14.4. The standard InChI is InChI=1S/C13H23N3O4/c17-12(18)8-11-9-20-7-6-16(11)13(19)15-5-1-4-14-10-2-3-10/h10-11,14H,1-9H2,(H,15,19)(H,17,18). The van der Waals surface area contributed by atoms with Crippen LogP contribution in [-0.4, -0.2) is 66.9 Å². The molecule has 0 bridgehead atoms. The van der Waals surface area contributed by atoms with E-state index in [4.69, 9.17) is 9.84 Å². The Morgan fingerprint density at radius 2 is 2.10 bits per heavy atom. The molecule has 1 aliphatic carbocycles. The van der Waals surface area contributed by atoms with E-state index in [1.165, 1.54) is 12.8 Å². The monoisotopic (exact) mass is 285 g/mol. The summed E-state index contributed by atoms with van der Waals surface area (Å²) in [6.45, 7) is 2.72. The maximum Gasteiger partial charge on any atom is 0.317 e. The molecule has 0 aromatic heterocycles. The van der Waals surface area contributed by atoms with Gasteiger partial charge in [-0.2, -0.15) is 0 Å². The van der Waals surface area contributed by atoms with Gasteiger partial charge < -0.3 is 25.4 Å². The number of morpholine rings is 1. The number of amides is 2. The third-order valence-corrected chi connectivity index (χ3v) is 3.54. The molecule has 3 N–H and O–H groups in total. The van der Waals surface area contributed by atoms with E-state index in [0.717, 1.165) is 13.0 Å². The number of hydrogen-bond donors (Lipinski definition) is 3. The first-order valence-electron chi connectivity index (χ1n) is 7.24. The minimum absolute atomic E-state index is 0.0728. The van der Waals surface area contributed by atoms with Gasteiger partial charge in [-0.05, 0) is 25.8 Å². The van der Waals surface area contributed by atoms with Crippen LogP contribution in [0.25, 0.3) is 0 Å². The second-order valence-electron chi connectivity index (χ2n) is 5.33. The first-order chi connectivity index (χ1) is 9.66. The SMILES string of the molecule is O=C(O)CC1COCCN1C(=O)NCCCNC1CC1. The molecule has 2 amide bonds. The van der Waals surface area contributed by atoms with Crippen LogP contribution in [0, 0.1) is 0 Å². The fourth-order valence-corrected chi connectivity index (χ4v) is 2.27. The molecule has 7 heteroatoms. The highest BCUT2D eigenvalue weighted by molar-refractivity contribution is 5.76. The summed E-state index contributed by atoms with van der Waals surface area (Å²) in [6, 6.07) is 0.127. The molecular formula is C13H23N3O4. The molecule has 7 nitrogen and oxygen atoms in total. The first-order valence-corrected chi connectivity index (χ1v) is 7.24. The highest BCUT2D eigenvalue weighted by Crippen LogP contribution is 2.18. The number of rotatable bonds is 7.